The maximum Gasteiger partial charge on any atom is 0.254 e. The van der Waals surface area contributed by atoms with Crippen LogP contribution in [0.15, 0.2) is 18.2 Å². The van der Waals surface area contributed by atoms with E-state index < -0.39 is 5.60 Å². The summed E-state index contributed by atoms with van der Waals surface area (Å²) in [7, 11) is 0. The Morgan fingerprint density at radius 3 is 2.76 bits per heavy atom. The monoisotopic (exact) mass is 291 g/mol. The van der Waals surface area contributed by atoms with E-state index in [2.05, 4.69) is 0 Å². The number of phenols is 2. The Labute approximate surface area is 123 Å². The fourth-order valence-electron chi connectivity index (χ4n) is 3.59. The third-order valence-electron chi connectivity index (χ3n) is 4.94. The van der Waals surface area contributed by atoms with Gasteiger partial charge in [-0.2, -0.15) is 0 Å². The number of phenolic OH excluding ortho intramolecular Hbond substituents is 2. The van der Waals surface area contributed by atoms with Gasteiger partial charge in [0.15, 0.2) is 11.5 Å². The fourth-order valence-corrected chi connectivity index (χ4v) is 3.59. The van der Waals surface area contributed by atoms with E-state index in [0.717, 1.165) is 25.7 Å². The van der Waals surface area contributed by atoms with Crippen molar-refractivity contribution in [2.75, 3.05) is 13.1 Å². The molecule has 1 aromatic carbocycles. The lowest BCUT2D eigenvalue weighted by molar-refractivity contribution is -0.0886. The molecule has 0 spiro atoms. The molecule has 2 unspecified atom stereocenters. The number of carbonyl (C=O) groups excluding carboxylic acids is 1. The predicted molar refractivity (Wildman–Crippen MR) is 77.2 cm³/mol. The molecule has 1 aliphatic heterocycles. The molecule has 3 rings (SSSR count). The minimum atomic E-state index is -0.605. The fraction of sp³-hybridized carbons (Fsp3) is 0.562. The summed E-state index contributed by atoms with van der Waals surface area (Å²) in [5, 5.41) is 29.5. The Morgan fingerprint density at radius 1 is 1.19 bits per heavy atom. The van der Waals surface area contributed by atoms with Gasteiger partial charge in [-0.1, -0.05) is 12.8 Å². The van der Waals surface area contributed by atoms with Crippen LogP contribution in [0, 0.1) is 5.92 Å². The van der Waals surface area contributed by atoms with Gasteiger partial charge in [0.25, 0.3) is 5.91 Å². The quantitative estimate of drug-likeness (QED) is 0.690. The maximum absolute atomic E-state index is 12.5. The first-order valence-electron chi connectivity index (χ1n) is 7.53. The lowest BCUT2D eigenvalue weighted by Crippen LogP contribution is -2.54. The molecule has 1 aromatic rings. The van der Waals surface area contributed by atoms with Gasteiger partial charge in [0.2, 0.25) is 0 Å². The third kappa shape index (κ3) is 2.58. The molecule has 3 N–H and O–H groups in total. The first kappa shape index (κ1) is 14.2. The molecule has 1 saturated heterocycles. The number of benzene rings is 1. The molecule has 0 bridgehead atoms. The van der Waals surface area contributed by atoms with Crippen LogP contribution in [0.25, 0.3) is 0 Å². The van der Waals surface area contributed by atoms with E-state index in [1.54, 1.807) is 4.90 Å². The molecule has 1 amide bonds. The first-order valence-corrected chi connectivity index (χ1v) is 7.53. The van der Waals surface area contributed by atoms with Crippen LogP contribution in [0.5, 0.6) is 11.5 Å². The van der Waals surface area contributed by atoms with Gasteiger partial charge < -0.3 is 20.2 Å². The van der Waals surface area contributed by atoms with Crippen molar-refractivity contribution < 1.29 is 20.1 Å². The average Bonchev–Trinajstić information content (AvgIpc) is 2.48. The Hall–Kier alpha value is -1.75. The number of likely N-dealkylation sites (tertiary alicyclic amines) is 1. The van der Waals surface area contributed by atoms with Gasteiger partial charge >= 0.3 is 0 Å². The Bertz CT molecular complexity index is 559. The molecule has 0 aromatic heterocycles. The number of hydrogen-bond donors (Lipinski definition) is 3. The summed E-state index contributed by atoms with van der Waals surface area (Å²) in [5.41, 5.74) is -0.238. The van der Waals surface area contributed by atoms with Gasteiger partial charge in [0.05, 0.1) is 5.60 Å². The lowest BCUT2D eigenvalue weighted by Gasteiger charge is -2.47. The van der Waals surface area contributed by atoms with Crippen LogP contribution >= 0.6 is 0 Å². The minimum absolute atomic E-state index is 0.148. The van der Waals surface area contributed by atoms with Gasteiger partial charge in [0, 0.05) is 24.6 Å². The molecule has 114 valence electrons. The molecule has 21 heavy (non-hydrogen) atoms. The van der Waals surface area contributed by atoms with Crippen molar-refractivity contribution in [1.82, 2.24) is 4.90 Å². The van der Waals surface area contributed by atoms with Crippen LogP contribution in [-0.2, 0) is 0 Å². The largest absolute Gasteiger partial charge is 0.504 e. The molecule has 1 aliphatic carbocycles. The van der Waals surface area contributed by atoms with Crippen molar-refractivity contribution in [3.63, 3.8) is 0 Å². The van der Waals surface area contributed by atoms with Crippen molar-refractivity contribution >= 4 is 5.91 Å². The number of nitrogens with zero attached hydrogens (tertiary/aromatic N) is 1. The summed E-state index contributed by atoms with van der Waals surface area (Å²) in [6, 6.07) is 4.13. The molecule has 1 saturated carbocycles. The molecule has 1 heterocycles. The van der Waals surface area contributed by atoms with Crippen LogP contribution in [0.1, 0.15) is 42.5 Å². The van der Waals surface area contributed by atoms with Crippen LogP contribution in [0.2, 0.25) is 0 Å². The molecule has 0 radical (unpaired) electrons. The summed E-state index contributed by atoms with van der Waals surface area (Å²) < 4.78 is 0. The van der Waals surface area contributed by atoms with Crippen molar-refractivity contribution in [2.45, 2.75) is 37.7 Å². The van der Waals surface area contributed by atoms with Gasteiger partial charge in [-0.3, -0.25) is 4.79 Å². The zero-order valence-corrected chi connectivity index (χ0v) is 12.0. The molecule has 5 heteroatoms. The molecule has 2 fully saturated rings. The van der Waals surface area contributed by atoms with Crippen molar-refractivity contribution in [1.29, 1.82) is 0 Å². The molecule has 2 atom stereocenters. The van der Waals surface area contributed by atoms with Crippen LogP contribution < -0.4 is 0 Å². The van der Waals surface area contributed by atoms with E-state index in [0.29, 0.717) is 25.1 Å². The first-order chi connectivity index (χ1) is 9.99. The molecular weight excluding hydrogens is 270 g/mol. The number of aromatic hydroxyl groups is 2. The van der Waals surface area contributed by atoms with Gasteiger partial charge in [-0.05, 0) is 37.5 Å². The van der Waals surface area contributed by atoms with Gasteiger partial charge in [-0.15, -0.1) is 0 Å². The minimum Gasteiger partial charge on any atom is -0.504 e. The highest BCUT2D eigenvalue weighted by Gasteiger charge is 2.43. The zero-order chi connectivity index (χ0) is 15.0. The van der Waals surface area contributed by atoms with E-state index in [9.17, 15) is 20.1 Å². The third-order valence-corrected chi connectivity index (χ3v) is 4.94. The van der Waals surface area contributed by atoms with Crippen molar-refractivity contribution in [3.8, 4) is 11.5 Å². The number of fused-ring (bicyclic) bond motifs is 1. The maximum atomic E-state index is 12.5. The summed E-state index contributed by atoms with van der Waals surface area (Å²) in [5.74, 6) is -0.522. The Kier molecular flexibility index (Phi) is 3.53. The predicted octanol–water partition coefficient (Wildman–Crippen LogP) is 1.86. The van der Waals surface area contributed by atoms with Gasteiger partial charge in [0.1, 0.15) is 0 Å². The number of aliphatic hydroxyl groups is 1. The Balaban J connectivity index is 1.75. The summed E-state index contributed by atoms with van der Waals surface area (Å²) in [4.78, 5) is 14.2. The van der Waals surface area contributed by atoms with Crippen LogP contribution in [-0.4, -0.2) is 44.8 Å². The van der Waals surface area contributed by atoms with Crippen LogP contribution in [0.3, 0.4) is 0 Å². The number of amides is 1. The van der Waals surface area contributed by atoms with E-state index in [1.807, 2.05) is 0 Å². The van der Waals surface area contributed by atoms with E-state index >= 15 is 0 Å². The van der Waals surface area contributed by atoms with Crippen LogP contribution in [0.4, 0.5) is 0 Å². The molecular formula is C16H21NO4. The number of rotatable bonds is 1. The summed E-state index contributed by atoms with van der Waals surface area (Å²) in [6.45, 7) is 1.10. The smallest absolute Gasteiger partial charge is 0.254 e. The SMILES string of the molecule is O=C(c1ccc(O)c(O)c1)N1CCC2(O)CCCCC2C1. The highest BCUT2D eigenvalue weighted by Crippen LogP contribution is 2.40. The second kappa shape index (κ2) is 5.22. The molecule has 2 aliphatic rings. The topological polar surface area (TPSA) is 81.0 Å². The Morgan fingerprint density at radius 2 is 2.00 bits per heavy atom. The van der Waals surface area contributed by atoms with Crippen molar-refractivity contribution in [3.05, 3.63) is 23.8 Å². The second-order valence-electron chi connectivity index (χ2n) is 6.25. The summed E-state index contributed by atoms with van der Waals surface area (Å²) in [6.07, 6.45) is 4.58. The number of hydrogen-bond acceptors (Lipinski definition) is 4. The highest BCUT2D eigenvalue weighted by molar-refractivity contribution is 5.95. The van der Waals surface area contributed by atoms with E-state index in [1.165, 1.54) is 18.2 Å². The molecule has 5 nitrogen and oxygen atoms in total. The average molecular weight is 291 g/mol. The normalized spacial score (nSPS) is 29.0. The summed E-state index contributed by atoms with van der Waals surface area (Å²) >= 11 is 0. The number of piperidine rings is 1. The second-order valence-corrected chi connectivity index (χ2v) is 6.25. The highest BCUT2D eigenvalue weighted by atomic mass is 16.3. The standard InChI is InChI=1S/C16H21NO4/c18-13-5-4-11(9-14(13)19)15(20)17-8-7-16(21)6-2-1-3-12(16)10-17/h4-5,9,12,18-19,21H,1-3,6-8,10H2. The van der Waals surface area contributed by atoms with E-state index in [4.69, 9.17) is 0 Å². The number of carbonyl (C=O) groups is 1. The van der Waals surface area contributed by atoms with Gasteiger partial charge in [-0.25, -0.2) is 0 Å². The lowest BCUT2D eigenvalue weighted by atomic mass is 9.71. The van der Waals surface area contributed by atoms with Crippen molar-refractivity contribution in [2.24, 2.45) is 5.92 Å². The zero-order valence-electron chi connectivity index (χ0n) is 12.0. The van der Waals surface area contributed by atoms with E-state index in [-0.39, 0.29) is 23.3 Å².